The van der Waals surface area contributed by atoms with E-state index in [4.69, 9.17) is 0 Å². The molecule has 0 bridgehead atoms. The van der Waals surface area contributed by atoms with E-state index in [9.17, 15) is 9.59 Å². The second-order valence-electron chi connectivity index (χ2n) is 7.77. The summed E-state index contributed by atoms with van der Waals surface area (Å²) in [6.07, 6.45) is 1.89. The van der Waals surface area contributed by atoms with Crippen molar-refractivity contribution in [2.45, 2.75) is 26.8 Å². The van der Waals surface area contributed by atoms with Crippen LogP contribution >= 0.6 is 0 Å². The van der Waals surface area contributed by atoms with Gasteiger partial charge in [0.05, 0.1) is 12.5 Å². The summed E-state index contributed by atoms with van der Waals surface area (Å²) >= 11 is 0. The molecule has 2 aromatic carbocycles. The highest BCUT2D eigenvalue weighted by Crippen LogP contribution is 2.29. The number of aryl methyl sites for hydroxylation is 2. The van der Waals surface area contributed by atoms with E-state index in [1.165, 1.54) is 5.56 Å². The van der Waals surface area contributed by atoms with Crippen molar-refractivity contribution in [3.8, 4) is 0 Å². The first-order chi connectivity index (χ1) is 14.5. The van der Waals surface area contributed by atoms with E-state index in [0.717, 1.165) is 16.8 Å². The molecule has 30 heavy (non-hydrogen) atoms. The van der Waals surface area contributed by atoms with Crippen molar-refractivity contribution >= 4 is 23.3 Å². The zero-order chi connectivity index (χ0) is 21.1. The van der Waals surface area contributed by atoms with Gasteiger partial charge in [0.1, 0.15) is 5.82 Å². The summed E-state index contributed by atoms with van der Waals surface area (Å²) < 4.78 is 0. The van der Waals surface area contributed by atoms with Gasteiger partial charge in [-0.05, 0) is 54.8 Å². The largest absolute Gasteiger partial charge is 0.312 e. The van der Waals surface area contributed by atoms with E-state index in [1.807, 2.05) is 80.6 Å². The fourth-order valence-electron chi connectivity index (χ4n) is 3.79. The molecular formula is C25H25N3O2. The van der Waals surface area contributed by atoms with Gasteiger partial charge in [-0.15, -0.1) is 0 Å². The molecular weight excluding hydrogens is 374 g/mol. The van der Waals surface area contributed by atoms with Crippen LogP contribution in [0.3, 0.4) is 0 Å². The molecule has 4 rings (SSSR count). The third-order valence-corrected chi connectivity index (χ3v) is 5.65. The van der Waals surface area contributed by atoms with Crippen molar-refractivity contribution < 1.29 is 9.59 Å². The second-order valence-corrected chi connectivity index (χ2v) is 7.77. The summed E-state index contributed by atoms with van der Waals surface area (Å²) in [7, 11) is 0. The van der Waals surface area contributed by atoms with Gasteiger partial charge in [-0.25, -0.2) is 4.98 Å². The Hall–Kier alpha value is -3.47. The molecule has 1 aliphatic heterocycles. The number of benzene rings is 2. The van der Waals surface area contributed by atoms with Crippen molar-refractivity contribution in [1.82, 2.24) is 4.98 Å². The van der Waals surface area contributed by atoms with Gasteiger partial charge in [0, 0.05) is 24.8 Å². The lowest BCUT2D eigenvalue weighted by Crippen LogP contribution is -2.37. The van der Waals surface area contributed by atoms with Crippen molar-refractivity contribution in [1.29, 1.82) is 0 Å². The summed E-state index contributed by atoms with van der Waals surface area (Å²) in [6, 6.07) is 21.4. The molecule has 0 radical (unpaired) electrons. The van der Waals surface area contributed by atoms with Crippen LogP contribution in [0.4, 0.5) is 11.5 Å². The summed E-state index contributed by atoms with van der Waals surface area (Å²) in [5.74, 6) is 0.114. The van der Waals surface area contributed by atoms with Gasteiger partial charge >= 0.3 is 0 Å². The highest BCUT2D eigenvalue weighted by molar-refractivity contribution is 6.04. The molecule has 152 valence electrons. The maximum atomic E-state index is 13.5. The van der Waals surface area contributed by atoms with E-state index < -0.39 is 5.92 Å². The minimum absolute atomic E-state index is 0.0164. The van der Waals surface area contributed by atoms with Gasteiger partial charge in [-0.2, -0.15) is 0 Å². The molecule has 1 unspecified atom stereocenters. The van der Waals surface area contributed by atoms with Gasteiger partial charge in [0.25, 0.3) is 0 Å². The Morgan fingerprint density at radius 3 is 2.50 bits per heavy atom. The molecule has 1 fully saturated rings. The third kappa shape index (κ3) is 4.10. The molecule has 1 aromatic heterocycles. The van der Waals surface area contributed by atoms with Gasteiger partial charge in [-0.1, -0.05) is 42.5 Å². The van der Waals surface area contributed by atoms with Crippen LogP contribution in [-0.4, -0.2) is 23.3 Å². The summed E-state index contributed by atoms with van der Waals surface area (Å²) in [6.45, 7) is 4.89. The molecule has 0 N–H and O–H groups in total. The minimum atomic E-state index is -0.398. The number of carbonyl (C=O) groups is 2. The third-order valence-electron chi connectivity index (χ3n) is 5.65. The Kier molecular flexibility index (Phi) is 5.61. The van der Waals surface area contributed by atoms with Crippen LogP contribution in [-0.2, 0) is 16.1 Å². The first-order valence-corrected chi connectivity index (χ1v) is 10.2. The number of nitrogens with zero attached hydrogens (tertiary/aromatic N) is 3. The normalized spacial score (nSPS) is 16.0. The van der Waals surface area contributed by atoms with Crippen LogP contribution in [0.5, 0.6) is 0 Å². The van der Waals surface area contributed by atoms with Crippen molar-refractivity contribution in [3.63, 3.8) is 0 Å². The molecule has 1 saturated heterocycles. The summed E-state index contributed by atoms with van der Waals surface area (Å²) in [5, 5.41) is 0. The lowest BCUT2D eigenvalue weighted by molar-refractivity contribution is -0.124. The number of rotatable bonds is 5. The smallest absolute Gasteiger partial charge is 0.233 e. The Labute approximate surface area is 177 Å². The molecule has 5 nitrogen and oxygen atoms in total. The maximum Gasteiger partial charge on any atom is 0.233 e. The molecule has 2 amide bonds. The number of hydrogen-bond acceptors (Lipinski definition) is 3. The number of aromatic nitrogens is 1. The minimum Gasteiger partial charge on any atom is -0.312 e. The average molecular weight is 399 g/mol. The molecule has 0 aliphatic carbocycles. The number of pyridine rings is 1. The Morgan fingerprint density at radius 1 is 1.03 bits per heavy atom. The first kappa shape index (κ1) is 19.8. The van der Waals surface area contributed by atoms with E-state index in [-0.39, 0.29) is 18.2 Å². The van der Waals surface area contributed by atoms with E-state index in [0.29, 0.717) is 18.9 Å². The second kappa shape index (κ2) is 8.49. The number of carbonyl (C=O) groups excluding carboxylic acids is 2. The average Bonchev–Trinajstić information content (AvgIpc) is 3.16. The van der Waals surface area contributed by atoms with Crippen LogP contribution in [0, 0.1) is 19.8 Å². The van der Waals surface area contributed by atoms with Crippen LogP contribution in [0.25, 0.3) is 0 Å². The van der Waals surface area contributed by atoms with Gasteiger partial charge in [0.2, 0.25) is 11.8 Å². The maximum absolute atomic E-state index is 13.5. The fraction of sp³-hybridized carbons (Fsp3) is 0.240. The molecule has 3 aromatic rings. The van der Waals surface area contributed by atoms with Crippen molar-refractivity contribution in [3.05, 3.63) is 89.6 Å². The molecule has 1 atom stereocenters. The van der Waals surface area contributed by atoms with Crippen LogP contribution in [0.15, 0.2) is 72.9 Å². The van der Waals surface area contributed by atoms with E-state index >= 15 is 0 Å². The lowest BCUT2D eigenvalue weighted by atomic mass is 10.1. The standard InChI is InChI=1S/C25H25N3O2/c1-18-11-12-22(14-19(18)2)27-17-21(15-24(27)29)25(30)28(23-10-6-7-13-26-23)16-20-8-4-3-5-9-20/h3-14,21H,15-17H2,1-2H3. The lowest BCUT2D eigenvalue weighted by Gasteiger charge is -2.25. The predicted octanol–water partition coefficient (Wildman–Crippen LogP) is 4.28. The van der Waals surface area contributed by atoms with E-state index in [1.54, 1.807) is 16.0 Å². The molecule has 0 spiro atoms. The molecule has 5 heteroatoms. The van der Waals surface area contributed by atoms with E-state index in [2.05, 4.69) is 4.98 Å². The molecule has 2 heterocycles. The highest BCUT2D eigenvalue weighted by atomic mass is 16.2. The number of anilines is 2. The van der Waals surface area contributed by atoms with Gasteiger partial charge in [-0.3, -0.25) is 14.5 Å². The van der Waals surface area contributed by atoms with Crippen LogP contribution in [0.1, 0.15) is 23.1 Å². The first-order valence-electron chi connectivity index (χ1n) is 10.2. The van der Waals surface area contributed by atoms with Crippen molar-refractivity contribution in [2.75, 3.05) is 16.3 Å². The predicted molar refractivity (Wildman–Crippen MR) is 118 cm³/mol. The SMILES string of the molecule is Cc1ccc(N2CC(C(=O)N(Cc3ccccc3)c3ccccn3)CC2=O)cc1C. The monoisotopic (exact) mass is 399 g/mol. The Morgan fingerprint density at radius 2 is 1.80 bits per heavy atom. The zero-order valence-electron chi connectivity index (χ0n) is 17.3. The van der Waals surface area contributed by atoms with Crippen LogP contribution < -0.4 is 9.80 Å². The number of amides is 2. The number of hydrogen-bond donors (Lipinski definition) is 0. The quantitative estimate of drug-likeness (QED) is 0.643. The topological polar surface area (TPSA) is 53.5 Å². The summed E-state index contributed by atoms with van der Waals surface area (Å²) in [5.41, 5.74) is 4.19. The highest BCUT2D eigenvalue weighted by Gasteiger charge is 2.38. The molecule has 1 aliphatic rings. The fourth-order valence-corrected chi connectivity index (χ4v) is 3.79. The molecule has 0 saturated carbocycles. The Balaban J connectivity index is 1.58. The van der Waals surface area contributed by atoms with Crippen LogP contribution in [0.2, 0.25) is 0 Å². The zero-order valence-corrected chi connectivity index (χ0v) is 17.3. The Bertz CT molecular complexity index is 1050. The van der Waals surface area contributed by atoms with Crippen molar-refractivity contribution in [2.24, 2.45) is 5.92 Å². The van der Waals surface area contributed by atoms with Gasteiger partial charge < -0.3 is 4.90 Å². The summed E-state index contributed by atoms with van der Waals surface area (Å²) in [4.78, 5) is 34.1. The van der Waals surface area contributed by atoms with Gasteiger partial charge in [0.15, 0.2) is 0 Å².